The minimum atomic E-state index is -4.03. The first-order chi connectivity index (χ1) is 31.2. The van der Waals surface area contributed by atoms with Crippen LogP contribution < -0.4 is 0 Å². The largest absolute Gasteiger partial charge is 0.147 e. The fourth-order valence-corrected chi connectivity index (χ4v) is 43.4. The molecule has 0 amide bonds. The third kappa shape index (κ3) is 8.28. The van der Waals surface area contributed by atoms with Crippen molar-refractivity contribution in [1.82, 2.24) is 0 Å². The molecule has 0 radical (unpaired) electrons. The van der Waals surface area contributed by atoms with Gasteiger partial charge in [-0.25, -0.2) is 0 Å². The van der Waals surface area contributed by atoms with E-state index in [2.05, 4.69) is 116 Å². The minimum Gasteiger partial charge on any atom is -0.147 e. The number of halogens is 2. The van der Waals surface area contributed by atoms with Crippen molar-refractivity contribution in [3.63, 3.8) is 0 Å². The average Bonchev–Trinajstić information content (AvgIpc) is 4.20. The van der Waals surface area contributed by atoms with Crippen LogP contribution in [0.25, 0.3) is 34.4 Å². The van der Waals surface area contributed by atoms with E-state index < -0.39 is 17.4 Å². The van der Waals surface area contributed by atoms with Crippen molar-refractivity contribution in [2.75, 3.05) is 0 Å². The predicted octanol–water partition coefficient (Wildman–Crippen LogP) is 18.6. The molecule has 0 N–H and O–H groups in total. The van der Waals surface area contributed by atoms with Gasteiger partial charge in [0.05, 0.1) is 0 Å². The molecule has 4 bridgehead atoms. The molecule has 350 valence electrons. The molecule has 2 atom stereocenters. The molecule has 0 aromatic heterocycles. The van der Waals surface area contributed by atoms with Crippen molar-refractivity contribution < 1.29 is 17.4 Å². The molecule has 0 saturated heterocycles. The van der Waals surface area contributed by atoms with Crippen LogP contribution in [0.1, 0.15) is 207 Å². The summed E-state index contributed by atoms with van der Waals surface area (Å²) in [6.07, 6.45) is 38.4. The van der Waals surface area contributed by atoms with Gasteiger partial charge in [0.1, 0.15) is 0 Å². The molecule has 66 heavy (non-hydrogen) atoms. The Morgan fingerprint density at radius 1 is 0.515 bits per heavy atom. The SMILES string of the molecule is CC[CH2][Zr]([CH3])(=[SiH2])([CH]1C(CC23CCC(CC2)C3)=Cc2c(-c3ccc(C4CCCCC4)cc3)cccc21)[CH]1C(CC23CCC(CC2)C3)=Cc2c(-c3ccc(C4CCCCC4)cc3)cccc21.Cl.Cl. The summed E-state index contributed by atoms with van der Waals surface area (Å²) in [4.78, 5) is 0. The first kappa shape index (κ1) is 47.7. The van der Waals surface area contributed by atoms with Crippen LogP contribution in [0.15, 0.2) is 96.1 Å². The zero-order valence-corrected chi connectivity index (χ0v) is 46.2. The van der Waals surface area contributed by atoms with E-state index in [9.17, 15) is 0 Å². The fourth-order valence-electron chi connectivity index (χ4n) is 17.7. The van der Waals surface area contributed by atoms with E-state index in [1.54, 1.807) is 33.4 Å². The molecule has 0 nitrogen and oxygen atoms in total. The van der Waals surface area contributed by atoms with E-state index in [4.69, 9.17) is 0 Å². The van der Waals surface area contributed by atoms with Crippen LogP contribution in [0, 0.1) is 22.7 Å². The van der Waals surface area contributed by atoms with Crippen molar-refractivity contribution >= 4 is 43.8 Å². The van der Waals surface area contributed by atoms with Gasteiger partial charge in [-0.2, -0.15) is 0 Å². The molecule has 8 aliphatic carbocycles. The van der Waals surface area contributed by atoms with Gasteiger partial charge in [-0.05, 0) is 0 Å². The molecule has 6 fully saturated rings. The standard InChI is InChI=1S/2C29H33.C3H7.CH3.2ClH.H2Si.Zr/c2*1-2-5-23(6-3-1)24-9-11-25(12-10-24)27-8-4-7-26-17-22(18-28(26)27)20-29-15-13-21(19-29)14-16-29;1-3-2;;;;;/h2*4,7-12,17-18,21,23H,1-3,5-6,13-16,19-20H2;1,3H2,2H3;1H3;2*1H;1H2;. The molecule has 4 aromatic carbocycles. The Kier molecular flexibility index (Phi) is 13.5. The molecule has 0 heterocycles. The van der Waals surface area contributed by atoms with Gasteiger partial charge in [0.15, 0.2) is 0 Å². The Balaban J connectivity index is 0.00000256. The molecule has 0 aliphatic heterocycles. The van der Waals surface area contributed by atoms with Gasteiger partial charge in [-0.3, -0.25) is 0 Å². The van der Waals surface area contributed by atoms with Gasteiger partial charge >= 0.3 is 393 Å². The van der Waals surface area contributed by atoms with Crippen LogP contribution in [0.2, 0.25) is 8.76 Å². The fraction of sp³-hybridized carbons (Fsp3) is 0.548. The van der Waals surface area contributed by atoms with Gasteiger partial charge in [0, 0.05) is 0 Å². The summed E-state index contributed by atoms with van der Waals surface area (Å²) >= 11 is -4.03. The van der Waals surface area contributed by atoms with E-state index in [1.165, 1.54) is 174 Å². The van der Waals surface area contributed by atoms with Gasteiger partial charge in [-0.1, -0.05) is 0 Å². The zero-order chi connectivity index (χ0) is 43.1. The summed E-state index contributed by atoms with van der Waals surface area (Å²) < 4.78 is 5.69. The predicted molar refractivity (Wildman–Crippen MR) is 288 cm³/mol. The van der Waals surface area contributed by atoms with Crippen molar-refractivity contribution in [3.05, 3.63) is 129 Å². The molecule has 8 aliphatic rings. The van der Waals surface area contributed by atoms with Crippen LogP contribution in [0.5, 0.6) is 0 Å². The zero-order valence-electron chi connectivity index (χ0n) is 40.7. The monoisotopic (exact) mass is 1010 g/mol. The topological polar surface area (TPSA) is 0 Å². The van der Waals surface area contributed by atoms with Gasteiger partial charge in [-0.15, -0.1) is 24.8 Å². The van der Waals surface area contributed by atoms with Crippen molar-refractivity contribution in [2.45, 2.75) is 182 Å². The van der Waals surface area contributed by atoms with Crippen molar-refractivity contribution in [1.29, 1.82) is 0 Å². The summed E-state index contributed by atoms with van der Waals surface area (Å²) in [5.74, 6) is 3.47. The molecular weight excluding hydrogens is 935 g/mol. The second-order valence-electron chi connectivity index (χ2n) is 24.8. The first-order valence-corrected chi connectivity index (χ1v) is 40.1. The van der Waals surface area contributed by atoms with Gasteiger partial charge < -0.3 is 0 Å². The van der Waals surface area contributed by atoms with Crippen LogP contribution in [0.4, 0.5) is 0 Å². The van der Waals surface area contributed by atoms with Crippen LogP contribution in [-0.2, 0) is 17.4 Å². The number of fused-ring (bicyclic) bond motifs is 6. The number of hydrogen-bond acceptors (Lipinski definition) is 0. The molecule has 0 spiro atoms. The normalized spacial score (nSPS) is 29.3. The van der Waals surface area contributed by atoms with Crippen molar-refractivity contribution in [2.24, 2.45) is 22.7 Å². The molecular formula is C62H80Cl2SiZr. The Morgan fingerprint density at radius 2 is 0.909 bits per heavy atom. The van der Waals surface area contributed by atoms with E-state index in [0.29, 0.717) is 18.1 Å². The number of rotatable bonds is 12. The summed E-state index contributed by atoms with van der Waals surface area (Å²) in [7, 11) is 0. The Bertz CT molecular complexity index is 2370. The quantitative estimate of drug-likeness (QED) is 0.124. The third-order valence-corrected chi connectivity index (χ3v) is 44.0. The molecule has 4 aromatic rings. The molecule has 4 heteroatoms. The maximum atomic E-state index is 3.05. The Morgan fingerprint density at radius 3 is 1.26 bits per heavy atom. The Hall–Kier alpha value is -1.96. The maximum Gasteiger partial charge on any atom is -0.147 e. The van der Waals surface area contributed by atoms with Crippen LogP contribution in [0.3, 0.4) is 0 Å². The first-order valence-electron chi connectivity index (χ1n) is 27.1. The van der Waals surface area contributed by atoms with Crippen LogP contribution in [-0.4, -0.2) is 6.88 Å². The van der Waals surface area contributed by atoms with Gasteiger partial charge in [0.2, 0.25) is 0 Å². The molecule has 12 rings (SSSR count). The number of allylic oxidation sites excluding steroid dienone is 2. The minimum absolute atomic E-state index is 0. The molecule has 6 saturated carbocycles. The average molecular weight is 1020 g/mol. The third-order valence-electron chi connectivity index (χ3n) is 20.5. The number of hydrogen-bond donors (Lipinski definition) is 0. The van der Waals surface area contributed by atoms with E-state index in [1.807, 2.05) is 11.1 Å². The second-order valence-corrected chi connectivity index (χ2v) is 53.2. The summed E-state index contributed by atoms with van der Waals surface area (Å²) in [5.41, 5.74) is 20.5. The van der Waals surface area contributed by atoms with E-state index in [-0.39, 0.29) is 24.8 Å². The summed E-state index contributed by atoms with van der Waals surface area (Å²) in [5, 5.41) is 0. The number of benzene rings is 4. The van der Waals surface area contributed by atoms with Crippen LogP contribution >= 0.6 is 24.8 Å². The van der Waals surface area contributed by atoms with E-state index in [0.717, 1.165) is 23.7 Å². The van der Waals surface area contributed by atoms with Gasteiger partial charge in [0.25, 0.3) is 0 Å². The maximum absolute atomic E-state index is 4.03. The molecule has 2 unspecified atom stereocenters. The summed E-state index contributed by atoms with van der Waals surface area (Å²) in [6.45, 7) is 5.26. The second kappa shape index (κ2) is 18.7. The van der Waals surface area contributed by atoms with Crippen molar-refractivity contribution in [3.8, 4) is 22.3 Å². The summed E-state index contributed by atoms with van der Waals surface area (Å²) in [6, 6.07) is 35.4. The van der Waals surface area contributed by atoms with E-state index >= 15 is 0 Å². The Labute approximate surface area is 414 Å². The smallest absolute Gasteiger partial charge is 0.147 e.